The third kappa shape index (κ3) is 2.15. The number of para-hydroxylation sites is 1. The zero-order valence-electron chi connectivity index (χ0n) is 11.1. The van der Waals surface area contributed by atoms with Crippen molar-refractivity contribution in [3.63, 3.8) is 0 Å². The van der Waals surface area contributed by atoms with Gasteiger partial charge >= 0.3 is 0 Å². The van der Waals surface area contributed by atoms with Crippen molar-refractivity contribution >= 4 is 16.7 Å². The number of hydrogen-bond acceptors (Lipinski definition) is 3. The van der Waals surface area contributed by atoms with E-state index in [9.17, 15) is 4.79 Å². The molecule has 3 rings (SSSR count). The predicted octanol–water partition coefficient (Wildman–Crippen LogP) is 3.38. The summed E-state index contributed by atoms with van der Waals surface area (Å²) in [7, 11) is 0. The van der Waals surface area contributed by atoms with Gasteiger partial charge in [0.05, 0.1) is 5.52 Å². The largest absolute Gasteiger partial charge is 0.367 e. The van der Waals surface area contributed by atoms with Crippen LogP contribution in [0.5, 0.6) is 0 Å². The summed E-state index contributed by atoms with van der Waals surface area (Å²) in [4.78, 5) is 17.1. The Morgan fingerprint density at radius 3 is 2.89 bits per heavy atom. The van der Waals surface area contributed by atoms with Gasteiger partial charge < -0.3 is 4.74 Å². The van der Waals surface area contributed by atoms with Gasteiger partial charge in [-0.05, 0) is 38.3 Å². The summed E-state index contributed by atoms with van der Waals surface area (Å²) in [6.45, 7) is 2.57. The van der Waals surface area contributed by atoms with Crippen LogP contribution in [-0.4, -0.2) is 23.0 Å². The van der Waals surface area contributed by atoms with Crippen molar-refractivity contribution in [3.05, 3.63) is 42.1 Å². The lowest BCUT2D eigenvalue weighted by atomic mass is 9.87. The molecule has 0 amide bonds. The van der Waals surface area contributed by atoms with Gasteiger partial charge in [0.2, 0.25) is 0 Å². The highest BCUT2D eigenvalue weighted by molar-refractivity contribution is 6.10. The van der Waals surface area contributed by atoms with E-state index in [4.69, 9.17) is 4.74 Å². The fourth-order valence-electron chi connectivity index (χ4n) is 2.69. The molecule has 3 nitrogen and oxygen atoms in total. The SMILES string of the molecule is CC1(C(=O)c2cccc3cccnc23)CCCCO1. The molecular weight excluding hydrogens is 238 g/mol. The van der Waals surface area contributed by atoms with Crippen LogP contribution < -0.4 is 0 Å². The molecule has 1 unspecified atom stereocenters. The summed E-state index contributed by atoms with van der Waals surface area (Å²) in [5.41, 5.74) is 0.747. The molecule has 1 saturated heterocycles. The normalized spacial score (nSPS) is 23.4. The Morgan fingerprint density at radius 2 is 2.11 bits per heavy atom. The van der Waals surface area contributed by atoms with E-state index in [1.54, 1.807) is 6.20 Å². The van der Waals surface area contributed by atoms with Crippen molar-refractivity contribution in [2.75, 3.05) is 6.61 Å². The van der Waals surface area contributed by atoms with Crippen molar-refractivity contribution in [1.82, 2.24) is 4.98 Å². The number of benzene rings is 1. The number of Topliss-reactive ketones (excluding diaryl/α,β-unsaturated/α-hetero) is 1. The minimum absolute atomic E-state index is 0.0523. The van der Waals surface area contributed by atoms with E-state index in [2.05, 4.69) is 4.98 Å². The minimum atomic E-state index is -0.690. The molecule has 98 valence electrons. The molecular formula is C16H17NO2. The van der Waals surface area contributed by atoms with Crippen LogP contribution in [0.15, 0.2) is 36.5 Å². The van der Waals surface area contributed by atoms with Crippen LogP contribution in [0.1, 0.15) is 36.5 Å². The predicted molar refractivity (Wildman–Crippen MR) is 74.3 cm³/mol. The number of ketones is 1. The fourth-order valence-corrected chi connectivity index (χ4v) is 2.69. The Labute approximate surface area is 112 Å². The Hall–Kier alpha value is -1.74. The molecule has 1 fully saturated rings. The van der Waals surface area contributed by atoms with Gasteiger partial charge in [0.25, 0.3) is 0 Å². The van der Waals surface area contributed by atoms with Crippen molar-refractivity contribution < 1.29 is 9.53 Å². The molecule has 2 aromatic rings. The van der Waals surface area contributed by atoms with E-state index in [1.165, 1.54) is 0 Å². The van der Waals surface area contributed by atoms with Crippen molar-refractivity contribution in [3.8, 4) is 0 Å². The topological polar surface area (TPSA) is 39.2 Å². The van der Waals surface area contributed by atoms with Gasteiger partial charge in [0.1, 0.15) is 5.60 Å². The molecule has 1 aromatic carbocycles. The summed E-state index contributed by atoms with van der Waals surface area (Å²) < 4.78 is 5.75. The molecule has 0 radical (unpaired) electrons. The van der Waals surface area contributed by atoms with Gasteiger partial charge in [-0.25, -0.2) is 0 Å². The molecule has 2 heterocycles. The summed E-state index contributed by atoms with van der Waals surface area (Å²) in [5.74, 6) is 0.0523. The summed E-state index contributed by atoms with van der Waals surface area (Å²) in [6, 6.07) is 9.59. The number of ether oxygens (including phenoxy) is 1. The number of carbonyl (C=O) groups excluding carboxylic acids is 1. The highest BCUT2D eigenvalue weighted by atomic mass is 16.5. The van der Waals surface area contributed by atoms with Crippen molar-refractivity contribution in [2.24, 2.45) is 0 Å². The van der Waals surface area contributed by atoms with E-state index >= 15 is 0 Å². The van der Waals surface area contributed by atoms with Crippen LogP contribution in [0.25, 0.3) is 10.9 Å². The highest BCUT2D eigenvalue weighted by Gasteiger charge is 2.37. The molecule has 1 aromatic heterocycles. The fraction of sp³-hybridized carbons (Fsp3) is 0.375. The number of rotatable bonds is 2. The minimum Gasteiger partial charge on any atom is -0.367 e. The first kappa shape index (κ1) is 12.3. The van der Waals surface area contributed by atoms with Crippen LogP contribution in [-0.2, 0) is 4.74 Å². The second kappa shape index (κ2) is 4.74. The molecule has 1 aliphatic rings. The van der Waals surface area contributed by atoms with Gasteiger partial charge in [-0.3, -0.25) is 9.78 Å². The molecule has 0 bridgehead atoms. The zero-order valence-corrected chi connectivity index (χ0v) is 11.1. The van der Waals surface area contributed by atoms with Crippen molar-refractivity contribution in [2.45, 2.75) is 31.8 Å². The number of pyridine rings is 1. The van der Waals surface area contributed by atoms with Crippen LogP contribution in [0.2, 0.25) is 0 Å². The summed E-state index contributed by atoms with van der Waals surface area (Å²) >= 11 is 0. The van der Waals surface area contributed by atoms with Gasteiger partial charge in [0.15, 0.2) is 5.78 Å². The number of fused-ring (bicyclic) bond motifs is 1. The Bertz CT molecular complexity index is 610. The third-order valence-corrected chi connectivity index (χ3v) is 3.83. The summed E-state index contributed by atoms with van der Waals surface area (Å²) in [6.07, 6.45) is 4.59. The lowest BCUT2D eigenvalue weighted by Crippen LogP contribution is -2.41. The average Bonchev–Trinajstić information content (AvgIpc) is 2.47. The molecule has 0 saturated carbocycles. The standard InChI is InChI=1S/C16H17NO2/c1-16(9-2-3-11-19-16)15(18)13-8-4-6-12-7-5-10-17-14(12)13/h4-8,10H,2-3,9,11H2,1H3. The number of aromatic nitrogens is 1. The maximum Gasteiger partial charge on any atom is 0.196 e. The first-order valence-corrected chi connectivity index (χ1v) is 6.73. The van der Waals surface area contributed by atoms with E-state index in [0.29, 0.717) is 12.2 Å². The molecule has 0 aliphatic carbocycles. The smallest absolute Gasteiger partial charge is 0.196 e. The zero-order chi connectivity index (χ0) is 13.3. The van der Waals surface area contributed by atoms with E-state index in [-0.39, 0.29) is 5.78 Å². The number of carbonyl (C=O) groups is 1. The van der Waals surface area contributed by atoms with Gasteiger partial charge in [-0.1, -0.05) is 18.2 Å². The first-order chi connectivity index (χ1) is 9.21. The highest BCUT2D eigenvalue weighted by Crippen LogP contribution is 2.30. The van der Waals surface area contributed by atoms with Crippen LogP contribution in [0.4, 0.5) is 0 Å². The van der Waals surface area contributed by atoms with Gasteiger partial charge in [-0.2, -0.15) is 0 Å². The maximum absolute atomic E-state index is 12.8. The quantitative estimate of drug-likeness (QED) is 0.772. The molecule has 0 N–H and O–H groups in total. The van der Waals surface area contributed by atoms with E-state index in [0.717, 1.165) is 30.2 Å². The monoisotopic (exact) mass is 255 g/mol. The lowest BCUT2D eigenvalue weighted by Gasteiger charge is -2.32. The maximum atomic E-state index is 12.8. The van der Waals surface area contributed by atoms with Gasteiger partial charge in [-0.15, -0.1) is 0 Å². The number of nitrogens with zero attached hydrogens (tertiary/aromatic N) is 1. The second-order valence-electron chi connectivity index (χ2n) is 5.25. The first-order valence-electron chi connectivity index (χ1n) is 6.73. The molecule has 1 aliphatic heterocycles. The van der Waals surface area contributed by atoms with Crippen LogP contribution in [0.3, 0.4) is 0 Å². The molecule has 0 spiro atoms. The van der Waals surface area contributed by atoms with Crippen molar-refractivity contribution in [1.29, 1.82) is 0 Å². The Balaban J connectivity index is 2.06. The van der Waals surface area contributed by atoms with Crippen LogP contribution in [0, 0.1) is 0 Å². The molecule has 1 atom stereocenters. The Morgan fingerprint density at radius 1 is 1.26 bits per heavy atom. The molecule has 19 heavy (non-hydrogen) atoms. The Kier molecular flexibility index (Phi) is 3.07. The average molecular weight is 255 g/mol. The summed E-state index contributed by atoms with van der Waals surface area (Å²) in [5, 5.41) is 0.993. The van der Waals surface area contributed by atoms with Crippen LogP contribution >= 0.6 is 0 Å². The molecule has 3 heteroatoms. The number of hydrogen-bond donors (Lipinski definition) is 0. The van der Waals surface area contributed by atoms with E-state index in [1.807, 2.05) is 37.3 Å². The third-order valence-electron chi connectivity index (χ3n) is 3.83. The second-order valence-corrected chi connectivity index (χ2v) is 5.25. The van der Waals surface area contributed by atoms with Gasteiger partial charge in [0, 0.05) is 23.8 Å². The lowest BCUT2D eigenvalue weighted by molar-refractivity contribution is -0.0425. The van der Waals surface area contributed by atoms with E-state index < -0.39 is 5.60 Å².